The summed E-state index contributed by atoms with van der Waals surface area (Å²) in [6, 6.07) is 4.17. The second kappa shape index (κ2) is 4.71. The van der Waals surface area contributed by atoms with E-state index < -0.39 is 11.6 Å². The second-order valence-corrected chi connectivity index (χ2v) is 3.43. The summed E-state index contributed by atoms with van der Waals surface area (Å²) in [4.78, 5) is 0. The van der Waals surface area contributed by atoms with E-state index in [1.807, 2.05) is 0 Å². The Morgan fingerprint density at radius 1 is 1.14 bits per heavy atom. The Morgan fingerprint density at radius 2 is 1.71 bits per heavy atom. The number of halogens is 3. The van der Waals surface area contributed by atoms with E-state index in [-0.39, 0.29) is 12.4 Å². The van der Waals surface area contributed by atoms with Crippen LogP contribution in [0.2, 0.25) is 0 Å². The molecule has 0 bridgehead atoms. The van der Waals surface area contributed by atoms with Gasteiger partial charge >= 0.3 is 0 Å². The van der Waals surface area contributed by atoms with E-state index in [0.717, 1.165) is 6.07 Å². The van der Waals surface area contributed by atoms with E-state index in [9.17, 15) is 8.78 Å². The first-order chi connectivity index (χ1) is 6.24. The van der Waals surface area contributed by atoms with E-state index in [1.54, 1.807) is 0 Å². The van der Waals surface area contributed by atoms with Crippen molar-refractivity contribution in [2.24, 2.45) is 0 Å². The van der Waals surface area contributed by atoms with Gasteiger partial charge in [-0.1, -0.05) is 0 Å². The van der Waals surface area contributed by atoms with Gasteiger partial charge in [0.15, 0.2) is 0 Å². The smallest absolute Gasteiger partial charge is 0.126 e. The summed E-state index contributed by atoms with van der Waals surface area (Å²) in [5, 5.41) is 3.19. The Hall–Kier alpha value is -0.670. The molecular weight excluding hydrogens is 208 g/mol. The fraction of sp³-hybridized carbons (Fsp3) is 0.400. The average Bonchev–Trinajstić information content (AvgIpc) is 2.81. The Bertz CT molecular complexity index is 293. The minimum atomic E-state index is -0.507. The molecule has 0 saturated heterocycles. The summed E-state index contributed by atoms with van der Waals surface area (Å²) in [5.41, 5.74) is 0.671. The molecule has 0 amide bonds. The molecule has 2 rings (SSSR count). The first-order valence-electron chi connectivity index (χ1n) is 4.42. The molecule has 14 heavy (non-hydrogen) atoms. The number of hydrogen-bond donors (Lipinski definition) is 1. The van der Waals surface area contributed by atoms with Crippen LogP contribution in [-0.2, 0) is 6.54 Å². The monoisotopic (exact) mass is 219 g/mol. The molecule has 1 aromatic carbocycles. The Morgan fingerprint density at radius 3 is 2.21 bits per heavy atom. The van der Waals surface area contributed by atoms with Crippen molar-refractivity contribution in [1.29, 1.82) is 0 Å². The van der Waals surface area contributed by atoms with Crippen LogP contribution in [0.25, 0.3) is 0 Å². The topological polar surface area (TPSA) is 12.0 Å². The predicted octanol–water partition coefficient (Wildman–Crippen LogP) is 2.64. The van der Waals surface area contributed by atoms with Crippen LogP contribution >= 0.6 is 12.4 Å². The van der Waals surface area contributed by atoms with Crippen LogP contribution in [0.3, 0.4) is 0 Å². The van der Waals surface area contributed by atoms with Crippen LogP contribution in [0.5, 0.6) is 0 Å². The molecule has 1 N–H and O–H groups in total. The summed E-state index contributed by atoms with van der Waals surface area (Å²) in [6.07, 6.45) is 2.36. The summed E-state index contributed by atoms with van der Waals surface area (Å²) >= 11 is 0. The molecule has 0 radical (unpaired) electrons. The van der Waals surface area contributed by atoms with Crippen molar-refractivity contribution in [3.8, 4) is 0 Å². The molecule has 0 spiro atoms. The molecule has 0 aliphatic heterocycles. The van der Waals surface area contributed by atoms with Gasteiger partial charge in [0.2, 0.25) is 0 Å². The van der Waals surface area contributed by atoms with Crippen LogP contribution in [0.15, 0.2) is 18.2 Å². The van der Waals surface area contributed by atoms with E-state index in [2.05, 4.69) is 5.32 Å². The van der Waals surface area contributed by atoms with Gasteiger partial charge in [0.05, 0.1) is 0 Å². The molecule has 1 fully saturated rings. The molecule has 0 aromatic heterocycles. The van der Waals surface area contributed by atoms with Crippen molar-refractivity contribution in [1.82, 2.24) is 5.32 Å². The van der Waals surface area contributed by atoms with Crippen LogP contribution in [0.4, 0.5) is 8.78 Å². The zero-order chi connectivity index (χ0) is 9.26. The van der Waals surface area contributed by atoms with Crippen LogP contribution in [0.1, 0.15) is 18.4 Å². The molecular formula is C10H12ClF2N. The van der Waals surface area contributed by atoms with Gasteiger partial charge in [0, 0.05) is 18.7 Å². The fourth-order valence-corrected chi connectivity index (χ4v) is 1.26. The van der Waals surface area contributed by atoms with Crippen molar-refractivity contribution in [2.45, 2.75) is 25.4 Å². The zero-order valence-electron chi connectivity index (χ0n) is 7.59. The SMILES string of the molecule is Cl.Fc1cc(F)cc(CNC2CC2)c1. The third kappa shape index (κ3) is 3.24. The highest BCUT2D eigenvalue weighted by atomic mass is 35.5. The Kier molecular flexibility index (Phi) is 3.84. The fourth-order valence-electron chi connectivity index (χ4n) is 1.26. The first-order valence-corrected chi connectivity index (χ1v) is 4.42. The third-order valence-electron chi connectivity index (χ3n) is 2.09. The summed E-state index contributed by atoms with van der Waals surface area (Å²) < 4.78 is 25.4. The molecule has 1 nitrogen and oxygen atoms in total. The number of hydrogen-bond acceptors (Lipinski definition) is 1. The summed E-state index contributed by atoms with van der Waals surface area (Å²) in [5.74, 6) is -1.01. The molecule has 0 heterocycles. The average molecular weight is 220 g/mol. The molecule has 4 heteroatoms. The molecule has 1 saturated carbocycles. The Labute approximate surface area is 87.9 Å². The van der Waals surface area contributed by atoms with Gasteiger partial charge in [-0.25, -0.2) is 8.78 Å². The van der Waals surface area contributed by atoms with Crippen molar-refractivity contribution in [3.63, 3.8) is 0 Å². The summed E-state index contributed by atoms with van der Waals surface area (Å²) in [7, 11) is 0. The minimum absolute atomic E-state index is 0. The Balaban J connectivity index is 0.000000980. The largest absolute Gasteiger partial charge is 0.310 e. The van der Waals surface area contributed by atoms with E-state index in [1.165, 1.54) is 25.0 Å². The molecule has 78 valence electrons. The van der Waals surface area contributed by atoms with Gasteiger partial charge < -0.3 is 5.32 Å². The lowest BCUT2D eigenvalue weighted by Gasteiger charge is -2.02. The minimum Gasteiger partial charge on any atom is -0.310 e. The highest BCUT2D eigenvalue weighted by Gasteiger charge is 2.19. The standard InChI is InChI=1S/C10H11F2N.ClH/c11-8-3-7(4-9(12)5-8)6-13-10-1-2-10;/h3-5,10,13H,1-2,6H2;1H. The maximum atomic E-state index is 12.7. The van der Waals surface area contributed by atoms with Gasteiger partial charge in [-0.2, -0.15) is 0 Å². The van der Waals surface area contributed by atoms with Crippen LogP contribution < -0.4 is 5.32 Å². The van der Waals surface area contributed by atoms with Gasteiger partial charge in [-0.3, -0.25) is 0 Å². The number of nitrogens with one attached hydrogen (secondary N) is 1. The lowest BCUT2D eigenvalue weighted by atomic mass is 10.2. The maximum Gasteiger partial charge on any atom is 0.126 e. The van der Waals surface area contributed by atoms with Gasteiger partial charge in [0.25, 0.3) is 0 Å². The quantitative estimate of drug-likeness (QED) is 0.824. The lowest BCUT2D eigenvalue weighted by Crippen LogP contribution is -2.15. The molecule has 0 unspecified atom stereocenters. The van der Waals surface area contributed by atoms with E-state index >= 15 is 0 Å². The lowest BCUT2D eigenvalue weighted by molar-refractivity contribution is 0.575. The zero-order valence-corrected chi connectivity index (χ0v) is 8.41. The van der Waals surface area contributed by atoms with Gasteiger partial charge in [-0.15, -0.1) is 12.4 Å². The number of benzene rings is 1. The van der Waals surface area contributed by atoms with Crippen LogP contribution in [-0.4, -0.2) is 6.04 Å². The second-order valence-electron chi connectivity index (χ2n) is 3.43. The highest BCUT2D eigenvalue weighted by molar-refractivity contribution is 5.85. The predicted molar refractivity (Wildman–Crippen MR) is 53.5 cm³/mol. The van der Waals surface area contributed by atoms with Crippen molar-refractivity contribution in [3.05, 3.63) is 35.4 Å². The van der Waals surface area contributed by atoms with Gasteiger partial charge in [-0.05, 0) is 30.5 Å². The van der Waals surface area contributed by atoms with Crippen molar-refractivity contribution in [2.75, 3.05) is 0 Å². The first kappa shape index (κ1) is 11.4. The summed E-state index contributed by atoms with van der Waals surface area (Å²) in [6.45, 7) is 0.555. The normalized spacial score (nSPS) is 15.0. The third-order valence-corrected chi connectivity index (χ3v) is 2.09. The van der Waals surface area contributed by atoms with Crippen molar-refractivity contribution >= 4 is 12.4 Å². The molecule has 1 aliphatic rings. The molecule has 1 aromatic rings. The highest BCUT2D eigenvalue weighted by Crippen LogP contribution is 2.19. The van der Waals surface area contributed by atoms with E-state index in [0.29, 0.717) is 18.2 Å². The number of rotatable bonds is 3. The van der Waals surface area contributed by atoms with Crippen LogP contribution in [0, 0.1) is 11.6 Å². The molecule has 0 atom stereocenters. The van der Waals surface area contributed by atoms with E-state index in [4.69, 9.17) is 0 Å². The van der Waals surface area contributed by atoms with Gasteiger partial charge in [0.1, 0.15) is 11.6 Å². The molecule has 1 aliphatic carbocycles. The van der Waals surface area contributed by atoms with Crippen molar-refractivity contribution < 1.29 is 8.78 Å². The maximum absolute atomic E-state index is 12.7.